The van der Waals surface area contributed by atoms with Crippen LogP contribution in [0, 0.1) is 5.92 Å². The predicted octanol–water partition coefficient (Wildman–Crippen LogP) is -0.436. The van der Waals surface area contributed by atoms with Crippen molar-refractivity contribution < 1.29 is 9.59 Å². The fraction of sp³-hybridized carbons (Fsp3) is 0.818. The maximum atomic E-state index is 11.6. The van der Waals surface area contributed by atoms with Gasteiger partial charge in [0.25, 0.3) is 0 Å². The van der Waals surface area contributed by atoms with E-state index in [1.54, 1.807) is 13.8 Å². The van der Waals surface area contributed by atoms with E-state index in [9.17, 15) is 9.59 Å². The van der Waals surface area contributed by atoms with E-state index in [0.717, 1.165) is 12.8 Å². The molecule has 6 N–H and O–H groups in total. The molecular formula is C11H23N3O2. The minimum Gasteiger partial charge on any atom is -0.330 e. The molecule has 0 aliphatic carbocycles. The number of hydrogen-bond donors (Lipinski definition) is 3. The van der Waals surface area contributed by atoms with E-state index >= 15 is 0 Å². The lowest BCUT2D eigenvalue weighted by Crippen LogP contribution is -2.46. The normalized spacial score (nSPS) is 14.9. The molecule has 0 aliphatic heterocycles. The van der Waals surface area contributed by atoms with Crippen molar-refractivity contribution in [3.05, 3.63) is 0 Å². The number of carbonyl (C=O) groups is 2. The van der Waals surface area contributed by atoms with Gasteiger partial charge in [-0.2, -0.15) is 0 Å². The second kappa shape index (κ2) is 7.49. The molecule has 0 rings (SSSR count). The lowest BCUT2D eigenvalue weighted by atomic mass is 9.94. The van der Waals surface area contributed by atoms with Crippen molar-refractivity contribution in [2.24, 2.45) is 23.1 Å². The van der Waals surface area contributed by atoms with E-state index < -0.39 is 23.7 Å². The molecule has 0 amide bonds. The molecule has 0 heterocycles. The molecule has 0 spiro atoms. The lowest BCUT2D eigenvalue weighted by Gasteiger charge is -2.16. The van der Waals surface area contributed by atoms with Crippen molar-refractivity contribution in [3.63, 3.8) is 0 Å². The molecule has 0 aromatic heterocycles. The number of ketones is 2. The Bertz CT molecular complexity index is 241. The average Bonchev–Trinajstić information content (AvgIpc) is 2.26. The highest BCUT2D eigenvalue weighted by atomic mass is 16.2. The van der Waals surface area contributed by atoms with Gasteiger partial charge in [0.1, 0.15) is 0 Å². The van der Waals surface area contributed by atoms with Gasteiger partial charge in [0, 0.05) is 0 Å². The second-order valence-corrected chi connectivity index (χ2v) is 4.39. The van der Waals surface area contributed by atoms with Crippen LogP contribution < -0.4 is 17.2 Å². The fourth-order valence-electron chi connectivity index (χ4n) is 1.29. The first kappa shape index (κ1) is 15.2. The zero-order valence-electron chi connectivity index (χ0n) is 10.1. The lowest BCUT2D eigenvalue weighted by molar-refractivity contribution is -0.138. The Labute approximate surface area is 96.7 Å². The summed E-state index contributed by atoms with van der Waals surface area (Å²) in [5, 5.41) is 0. The second-order valence-electron chi connectivity index (χ2n) is 4.39. The molecule has 0 bridgehead atoms. The fourth-order valence-corrected chi connectivity index (χ4v) is 1.29. The first-order valence-corrected chi connectivity index (χ1v) is 5.71. The summed E-state index contributed by atoms with van der Waals surface area (Å²) in [6, 6.07) is -1.48. The van der Waals surface area contributed by atoms with Crippen molar-refractivity contribution >= 4 is 11.6 Å². The zero-order chi connectivity index (χ0) is 12.7. The van der Waals surface area contributed by atoms with Gasteiger partial charge in [-0.05, 0) is 25.3 Å². The van der Waals surface area contributed by atoms with Crippen LogP contribution in [0.3, 0.4) is 0 Å². The van der Waals surface area contributed by atoms with Crippen LogP contribution in [0.4, 0.5) is 0 Å². The molecule has 0 aliphatic rings. The van der Waals surface area contributed by atoms with Crippen molar-refractivity contribution in [3.8, 4) is 0 Å². The highest BCUT2D eigenvalue weighted by Crippen LogP contribution is 2.05. The molecule has 0 saturated carbocycles. The quantitative estimate of drug-likeness (QED) is 0.386. The molecular weight excluding hydrogens is 206 g/mol. The molecule has 5 nitrogen and oxygen atoms in total. The van der Waals surface area contributed by atoms with Crippen molar-refractivity contribution in [2.45, 2.75) is 45.2 Å². The van der Waals surface area contributed by atoms with Crippen LogP contribution in [-0.2, 0) is 9.59 Å². The topological polar surface area (TPSA) is 112 Å². The third-order valence-corrected chi connectivity index (χ3v) is 2.57. The molecule has 0 saturated heterocycles. The number of rotatable bonds is 8. The van der Waals surface area contributed by atoms with E-state index in [1.165, 1.54) is 0 Å². The number of carbonyl (C=O) groups excluding carboxylic acids is 2. The van der Waals surface area contributed by atoms with Crippen LogP contribution in [0.5, 0.6) is 0 Å². The Balaban J connectivity index is 4.16. The highest BCUT2D eigenvalue weighted by Gasteiger charge is 2.28. The van der Waals surface area contributed by atoms with Gasteiger partial charge in [0.2, 0.25) is 11.6 Å². The minimum atomic E-state index is -0.743. The Kier molecular flexibility index (Phi) is 7.12. The first-order chi connectivity index (χ1) is 7.41. The van der Waals surface area contributed by atoms with Crippen molar-refractivity contribution in [2.75, 3.05) is 6.54 Å². The maximum absolute atomic E-state index is 11.6. The predicted molar refractivity (Wildman–Crippen MR) is 63.7 cm³/mol. The molecule has 2 atom stereocenters. The Morgan fingerprint density at radius 1 is 1.06 bits per heavy atom. The summed E-state index contributed by atoms with van der Waals surface area (Å²) >= 11 is 0. The van der Waals surface area contributed by atoms with Crippen LogP contribution in [0.2, 0.25) is 0 Å². The summed E-state index contributed by atoms with van der Waals surface area (Å²) < 4.78 is 0. The Hall–Kier alpha value is -0.780. The van der Waals surface area contributed by atoms with Crippen LogP contribution in [0.25, 0.3) is 0 Å². The summed E-state index contributed by atoms with van der Waals surface area (Å²) in [6.45, 7) is 4.17. The smallest absolute Gasteiger partial charge is 0.216 e. The molecule has 0 aromatic carbocycles. The van der Waals surface area contributed by atoms with E-state index in [4.69, 9.17) is 17.2 Å². The molecule has 16 heavy (non-hydrogen) atoms. The van der Waals surface area contributed by atoms with E-state index in [2.05, 4.69) is 0 Å². The third kappa shape index (κ3) is 4.83. The summed E-state index contributed by atoms with van der Waals surface area (Å²) in [5.41, 5.74) is 16.6. The Morgan fingerprint density at radius 3 is 2.06 bits per heavy atom. The highest BCUT2D eigenvalue weighted by molar-refractivity contribution is 6.40. The number of unbranched alkanes of at least 4 members (excludes halogenated alkanes) is 1. The van der Waals surface area contributed by atoms with Gasteiger partial charge in [0.15, 0.2) is 0 Å². The van der Waals surface area contributed by atoms with E-state index in [1.807, 2.05) is 0 Å². The molecule has 5 heteroatoms. The van der Waals surface area contributed by atoms with Gasteiger partial charge in [-0.3, -0.25) is 9.59 Å². The van der Waals surface area contributed by atoms with E-state index in [0.29, 0.717) is 13.0 Å². The van der Waals surface area contributed by atoms with Crippen LogP contribution >= 0.6 is 0 Å². The first-order valence-electron chi connectivity index (χ1n) is 5.71. The minimum absolute atomic E-state index is 0.0484. The monoisotopic (exact) mass is 229 g/mol. The van der Waals surface area contributed by atoms with Gasteiger partial charge < -0.3 is 17.2 Å². The van der Waals surface area contributed by atoms with Gasteiger partial charge in [-0.1, -0.05) is 20.3 Å². The largest absolute Gasteiger partial charge is 0.330 e. The number of Topliss-reactive ketones (excluding diaryl/α,β-unsaturated/α-hetero) is 2. The van der Waals surface area contributed by atoms with Crippen LogP contribution in [0.15, 0.2) is 0 Å². The van der Waals surface area contributed by atoms with Crippen molar-refractivity contribution in [1.82, 2.24) is 0 Å². The number of hydrogen-bond acceptors (Lipinski definition) is 5. The van der Waals surface area contributed by atoms with Gasteiger partial charge in [-0.25, -0.2) is 0 Å². The van der Waals surface area contributed by atoms with E-state index in [-0.39, 0.29) is 5.92 Å². The SMILES string of the molecule is CC(C)[C@H](N)C(=O)C(=O)C(N)CCCCN. The van der Waals surface area contributed by atoms with Crippen LogP contribution in [0.1, 0.15) is 33.1 Å². The van der Waals surface area contributed by atoms with Gasteiger partial charge in [-0.15, -0.1) is 0 Å². The zero-order valence-corrected chi connectivity index (χ0v) is 10.1. The number of nitrogens with two attached hydrogens (primary N) is 3. The molecule has 0 radical (unpaired) electrons. The molecule has 94 valence electrons. The van der Waals surface area contributed by atoms with Gasteiger partial charge in [0.05, 0.1) is 12.1 Å². The average molecular weight is 229 g/mol. The third-order valence-electron chi connectivity index (χ3n) is 2.57. The van der Waals surface area contributed by atoms with Crippen LogP contribution in [-0.4, -0.2) is 30.2 Å². The summed E-state index contributed by atoms with van der Waals surface area (Å²) in [6.07, 6.45) is 2.06. The summed E-state index contributed by atoms with van der Waals surface area (Å²) in [7, 11) is 0. The van der Waals surface area contributed by atoms with Crippen molar-refractivity contribution in [1.29, 1.82) is 0 Å². The van der Waals surface area contributed by atoms with Gasteiger partial charge >= 0.3 is 0 Å². The molecule has 1 unspecified atom stereocenters. The maximum Gasteiger partial charge on any atom is 0.216 e. The summed E-state index contributed by atoms with van der Waals surface area (Å²) in [5.74, 6) is -1.17. The Morgan fingerprint density at radius 2 is 1.62 bits per heavy atom. The molecule has 0 fully saturated rings. The molecule has 0 aromatic rings. The summed E-state index contributed by atoms with van der Waals surface area (Å²) in [4.78, 5) is 23.2. The standard InChI is InChI=1S/C11H23N3O2/c1-7(2)9(14)11(16)10(15)8(13)5-3-4-6-12/h7-9H,3-6,12-14H2,1-2H3/t8?,9-/m0/s1.